The predicted molar refractivity (Wildman–Crippen MR) is 72.9 cm³/mol. The van der Waals surface area contributed by atoms with Crippen molar-refractivity contribution >= 4 is 17.7 Å². The van der Waals surface area contributed by atoms with Crippen LogP contribution in [0.25, 0.3) is 6.08 Å². The highest BCUT2D eigenvalue weighted by Gasteiger charge is 2.11. The number of aromatic amines is 1. The monoisotopic (exact) mass is 288 g/mol. The Hall–Kier alpha value is -3.10. The van der Waals surface area contributed by atoms with E-state index in [1.54, 1.807) is 19.1 Å². The van der Waals surface area contributed by atoms with Gasteiger partial charge in [0, 0.05) is 18.2 Å². The van der Waals surface area contributed by atoms with E-state index in [0.717, 1.165) is 0 Å². The van der Waals surface area contributed by atoms with Crippen LogP contribution in [0.4, 0.5) is 5.69 Å². The summed E-state index contributed by atoms with van der Waals surface area (Å²) < 4.78 is 0. The molecule has 0 saturated carbocycles. The number of rotatable bonds is 5. The van der Waals surface area contributed by atoms with Gasteiger partial charge in [0.25, 0.3) is 5.69 Å². The third kappa shape index (κ3) is 3.93. The Kier molecular flexibility index (Phi) is 4.34. The molecule has 2 aromatic rings. The summed E-state index contributed by atoms with van der Waals surface area (Å²) in [6, 6.07) is 5.59. The Balaban J connectivity index is 1.99. The van der Waals surface area contributed by atoms with E-state index in [4.69, 9.17) is 0 Å². The minimum Gasteiger partial charge on any atom is -0.343 e. The Bertz CT molecular complexity index is 667. The number of H-pyrrole nitrogens is 1. The number of nitro benzene ring substituents is 1. The maximum atomic E-state index is 11.7. The Morgan fingerprint density at radius 2 is 2.33 bits per heavy atom. The zero-order valence-electron chi connectivity index (χ0n) is 11.1. The number of non-ortho nitro benzene ring substituents is 1. The molecule has 9 nitrogen and oxygen atoms in total. The van der Waals surface area contributed by atoms with Crippen LogP contribution in [-0.4, -0.2) is 31.5 Å². The van der Waals surface area contributed by atoms with Gasteiger partial charge in [0.2, 0.25) is 5.91 Å². The van der Waals surface area contributed by atoms with Gasteiger partial charge >= 0.3 is 0 Å². The molecule has 0 fully saturated rings. The molecule has 0 bridgehead atoms. The van der Waals surface area contributed by atoms with Gasteiger partial charge in [0.15, 0.2) is 5.82 Å². The second-order valence-corrected chi connectivity index (χ2v) is 4.19. The van der Waals surface area contributed by atoms with Gasteiger partial charge in [-0.05, 0) is 18.6 Å². The number of carbonyl (C=O) groups excluding carboxylic acids is 1. The van der Waals surface area contributed by atoms with Gasteiger partial charge in [-0.25, -0.2) is 0 Å². The van der Waals surface area contributed by atoms with Gasteiger partial charge in [0.1, 0.15) is 0 Å². The Morgan fingerprint density at radius 1 is 1.52 bits per heavy atom. The first-order valence-electron chi connectivity index (χ1n) is 6.02. The highest BCUT2D eigenvalue weighted by atomic mass is 16.6. The van der Waals surface area contributed by atoms with Crippen molar-refractivity contribution < 1.29 is 9.72 Å². The molecule has 1 aromatic carbocycles. The largest absolute Gasteiger partial charge is 0.343 e. The molecular weight excluding hydrogens is 276 g/mol. The molecule has 21 heavy (non-hydrogen) atoms. The molecule has 1 atom stereocenters. The first-order chi connectivity index (χ1) is 10.1. The highest BCUT2D eigenvalue weighted by Crippen LogP contribution is 2.14. The number of carbonyl (C=O) groups is 1. The average molecular weight is 288 g/mol. The zero-order chi connectivity index (χ0) is 15.2. The fourth-order valence-electron chi connectivity index (χ4n) is 1.59. The van der Waals surface area contributed by atoms with Crippen LogP contribution in [0.1, 0.15) is 24.4 Å². The lowest BCUT2D eigenvalue weighted by atomic mass is 10.2. The molecule has 2 rings (SSSR count). The number of hydrogen-bond donors (Lipinski definition) is 2. The van der Waals surface area contributed by atoms with E-state index < -0.39 is 11.0 Å². The number of nitro groups is 1. The summed E-state index contributed by atoms with van der Waals surface area (Å²) in [5, 5.41) is 26.5. The van der Waals surface area contributed by atoms with Crippen LogP contribution in [0.3, 0.4) is 0 Å². The number of benzene rings is 1. The number of hydrogen-bond acceptors (Lipinski definition) is 6. The van der Waals surface area contributed by atoms with E-state index in [9.17, 15) is 14.9 Å². The molecule has 0 spiro atoms. The van der Waals surface area contributed by atoms with Gasteiger partial charge in [-0.2, -0.15) is 5.21 Å². The molecule has 0 radical (unpaired) electrons. The van der Waals surface area contributed by atoms with Crippen LogP contribution in [0, 0.1) is 10.1 Å². The SMILES string of the molecule is CC(NC(=O)C=Cc1cccc([N+](=O)[O-])c1)c1nn[nH]n1. The van der Waals surface area contributed by atoms with Crippen molar-refractivity contribution in [3.05, 3.63) is 51.8 Å². The van der Waals surface area contributed by atoms with Crippen molar-refractivity contribution in [3.8, 4) is 0 Å². The maximum absolute atomic E-state index is 11.7. The highest BCUT2D eigenvalue weighted by molar-refractivity contribution is 5.91. The molecular formula is C12H12N6O3. The van der Waals surface area contributed by atoms with Crippen molar-refractivity contribution in [1.29, 1.82) is 0 Å². The lowest BCUT2D eigenvalue weighted by molar-refractivity contribution is -0.384. The summed E-state index contributed by atoms with van der Waals surface area (Å²) in [7, 11) is 0. The van der Waals surface area contributed by atoms with Gasteiger partial charge < -0.3 is 5.32 Å². The molecule has 108 valence electrons. The minimum atomic E-state index is -0.490. The lowest BCUT2D eigenvalue weighted by Crippen LogP contribution is -2.25. The summed E-state index contributed by atoms with van der Waals surface area (Å²) in [5.41, 5.74) is 0.532. The van der Waals surface area contributed by atoms with E-state index >= 15 is 0 Å². The van der Waals surface area contributed by atoms with E-state index in [0.29, 0.717) is 11.4 Å². The lowest BCUT2D eigenvalue weighted by Gasteiger charge is -2.06. The third-order valence-corrected chi connectivity index (χ3v) is 2.62. The molecule has 0 saturated heterocycles. The summed E-state index contributed by atoms with van der Waals surface area (Å²) >= 11 is 0. The second kappa shape index (κ2) is 6.37. The molecule has 0 aliphatic carbocycles. The van der Waals surface area contributed by atoms with Crippen LogP contribution in [-0.2, 0) is 4.79 Å². The smallest absolute Gasteiger partial charge is 0.270 e. The van der Waals surface area contributed by atoms with E-state index in [1.807, 2.05) is 0 Å². The van der Waals surface area contributed by atoms with Crippen LogP contribution >= 0.6 is 0 Å². The summed E-state index contributed by atoms with van der Waals surface area (Å²) in [6.45, 7) is 1.71. The quantitative estimate of drug-likeness (QED) is 0.480. The fraction of sp³-hybridized carbons (Fsp3) is 0.167. The van der Waals surface area contributed by atoms with E-state index in [-0.39, 0.29) is 11.6 Å². The molecule has 1 amide bonds. The number of amides is 1. The van der Waals surface area contributed by atoms with Gasteiger partial charge in [-0.15, -0.1) is 10.2 Å². The second-order valence-electron chi connectivity index (χ2n) is 4.19. The normalized spacial score (nSPS) is 12.2. The van der Waals surface area contributed by atoms with Crippen molar-refractivity contribution in [2.75, 3.05) is 0 Å². The van der Waals surface area contributed by atoms with Crippen LogP contribution in [0.2, 0.25) is 0 Å². The van der Waals surface area contributed by atoms with Crippen LogP contribution in [0.15, 0.2) is 30.3 Å². The van der Waals surface area contributed by atoms with Crippen molar-refractivity contribution in [3.63, 3.8) is 0 Å². The topological polar surface area (TPSA) is 127 Å². The van der Waals surface area contributed by atoms with Crippen molar-refractivity contribution in [1.82, 2.24) is 25.9 Å². The molecule has 0 aliphatic heterocycles. The van der Waals surface area contributed by atoms with Crippen LogP contribution < -0.4 is 5.32 Å². The summed E-state index contributed by atoms with van der Waals surface area (Å²) in [5.74, 6) is 0.00547. The van der Waals surface area contributed by atoms with E-state index in [1.165, 1.54) is 24.3 Å². The fourth-order valence-corrected chi connectivity index (χ4v) is 1.59. The van der Waals surface area contributed by atoms with Gasteiger partial charge in [0.05, 0.1) is 11.0 Å². The molecule has 0 aliphatic rings. The molecule has 2 N–H and O–H groups in total. The Labute approximate surface area is 119 Å². The molecule has 1 unspecified atom stereocenters. The van der Waals surface area contributed by atoms with Crippen molar-refractivity contribution in [2.24, 2.45) is 0 Å². The molecule has 9 heteroatoms. The Morgan fingerprint density at radius 3 is 3.00 bits per heavy atom. The van der Waals surface area contributed by atoms with Gasteiger partial charge in [-0.1, -0.05) is 17.3 Å². The average Bonchev–Trinajstić information content (AvgIpc) is 2.99. The number of tetrazole rings is 1. The number of nitrogens with one attached hydrogen (secondary N) is 2. The third-order valence-electron chi connectivity index (χ3n) is 2.62. The van der Waals surface area contributed by atoms with E-state index in [2.05, 4.69) is 25.9 Å². The summed E-state index contributed by atoms with van der Waals surface area (Å²) in [6.07, 6.45) is 2.78. The van der Waals surface area contributed by atoms with Crippen LogP contribution in [0.5, 0.6) is 0 Å². The first-order valence-corrected chi connectivity index (χ1v) is 6.02. The number of nitrogens with zero attached hydrogens (tertiary/aromatic N) is 4. The molecule has 1 aromatic heterocycles. The summed E-state index contributed by atoms with van der Waals surface area (Å²) in [4.78, 5) is 21.9. The predicted octanol–water partition coefficient (Wildman–Crippen LogP) is 0.998. The number of aromatic nitrogens is 4. The van der Waals surface area contributed by atoms with Gasteiger partial charge in [-0.3, -0.25) is 14.9 Å². The molecule has 1 heterocycles. The zero-order valence-corrected chi connectivity index (χ0v) is 11.1. The standard InChI is InChI=1S/C12H12N6O3/c1-8(12-14-16-17-15-12)13-11(19)6-5-9-3-2-4-10(7-9)18(20)21/h2-8H,1H3,(H,13,19)(H,14,15,16,17). The van der Waals surface area contributed by atoms with Crippen molar-refractivity contribution in [2.45, 2.75) is 13.0 Å². The first kappa shape index (κ1) is 14.3. The maximum Gasteiger partial charge on any atom is 0.270 e. The minimum absolute atomic E-state index is 0.0299.